The monoisotopic (exact) mass is 446 g/mol. The van der Waals surface area contributed by atoms with Gasteiger partial charge in [0.05, 0.1) is 30.3 Å². The van der Waals surface area contributed by atoms with Crippen molar-refractivity contribution in [3.63, 3.8) is 0 Å². The van der Waals surface area contributed by atoms with Gasteiger partial charge in [0.25, 0.3) is 5.91 Å². The van der Waals surface area contributed by atoms with E-state index in [9.17, 15) is 9.18 Å². The van der Waals surface area contributed by atoms with E-state index in [0.717, 1.165) is 11.3 Å². The minimum atomic E-state index is -0.330. The molecular formula is C25H23FN4O3. The first-order valence-corrected chi connectivity index (χ1v) is 10.4. The Kier molecular flexibility index (Phi) is 6.64. The molecule has 2 aromatic heterocycles. The number of ether oxygens (including phenoxy) is 2. The van der Waals surface area contributed by atoms with Crippen molar-refractivity contribution >= 4 is 11.6 Å². The Labute approximate surface area is 190 Å². The lowest BCUT2D eigenvalue weighted by atomic mass is 10.1. The maximum atomic E-state index is 13.3. The topological polar surface area (TPSA) is 78.3 Å². The first kappa shape index (κ1) is 22.0. The zero-order chi connectivity index (χ0) is 23.2. The van der Waals surface area contributed by atoms with E-state index in [1.165, 1.54) is 18.3 Å². The molecule has 0 unspecified atom stereocenters. The Bertz CT molecular complexity index is 1240. The van der Waals surface area contributed by atoms with E-state index in [1.807, 2.05) is 19.1 Å². The van der Waals surface area contributed by atoms with Crippen molar-refractivity contribution in [2.75, 3.05) is 12.4 Å². The molecule has 4 aromatic rings. The number of nitrogens with one attached hydrogen (secondary N) is 1. The number of halogens is 1. The fourth-order valence-corrected chi connectivity index (χ4v) is 3.41. The molecule has 4 rings (SSSR count). The van der Waals surface area contributed by atoms with E-state index in [4.69, 9.17) is 9.47 Å². The second-order valence-electron chi connectivity index (χ2n) is 7.21. The minimum absolute atomic E-state index is 0.300. The predicted molar refractivity (Wildman–Crippen MR) is 122 cm³/mol. The summed E-state index contributed by atoms with van der Waals surface area (Å²) in [6.07, 6.45) is 5.49. The highest BCUT2D eigenvalue weighted by atomic mass is 19.1. The number of methoxy groups -OCH3 is 1. The summed E-state index contributed by atoms with van der Waals surface area (Å²) in [5, 5.41) is 7.24. The largest absolute Gasteiger partial charge is 0.493 e. The van der Waals surface area contributed by atoms with E-state index in [2.05, 4.69) is 15.4 Å². The molecule has 0 spiro atoms. The molecule has 33 heavy (non-hydrogen) atoms. The van der Waals surface area contributed by atoms with Crippen molar-refractivity contribution in [2.24, 2.45) is 0 Å². The van der Waals surface area contributed by atoms with Gasteiger partial charge in [0, 0.05) is 24.1 Å². The molecule has 0 radical (unpaired) electrons. The van der Waals surface area contributed by atoms with Crippen LogP contribution in [0.3, 0.4) is 0 Å². The highest BCUT2D eigenvalue weighted by molar-refractivity contribution is 6.05. The van der Waals surface area contributed by atoms with Crippen molar-refractivity contribution < 1.29 is 18.7 Å². The molecule has 0 saturated carbocycles. The number of anilines is 1. The van der Waals surface area contributed by atoms with Crippen molar-refractivity contribution in [3.8, 4) is 17.2 Å². The van der Waals surface area contributed by atoms with Gasteiger partial charge in [-0.05, 0) is 60.5 Å². The molecule has 0 aliphatic heterocycles. The summed E-state index contributed by atoms with van der Waals surface area (Å²) in [6.45, 7) is 2.27. The van der Waals surface area contributed by atoms with Crippen LogP contribution in [0.25, 0.3) is 5.69 Å². The van der Waals surface area contributed by atoms with Crippen LogP contribution in [-0.4, -0.2) is 27.8 Å². The van der Waals surface area contributed by atoms with Crippen LogP contribution in [0.4, 0.5) is 10.1 Å². The number of hydrogen-bond donors (Lipinski definition) is 1. The molecule has 0 aliphatic carbocycles. The third-order valence-corrected chi connectivity index (χ3v) is 5.08. The van der Waals surface area contributed by atoms with Crippen LogP contribution in [0.15, 0.2) is 73.2 Å². The number of pyridine rings is 1. The summed E-state index contributed by atoms with van der Waals surface area (Å²) in [5.74, 6) is 0.430. The fourth-order valence-electron chi connectivity index (χ4n) is 3.41. The lowest BCUT2D eigenvalue weighted by molar-refractivity contribution is 0.102. The summed E-state index contributed by atoms with van der Waals surface area (Å²) >= 11 is 0. The number of nitrogens with zero attached hydrogens (tertiary/aromatic N) is 3. The lowest BCUT2D eigenvalue weighted by Crippen LogP contribution is -2.14. The van der Waals surface area contributed by atoms with E-state index < -0.39 is 0 Å². The van der Waals surface area contributed by atoms with E-state index in [1.54, 1.807) is 54.5 Å². The molecule has 8 heteroatoms. The molecule has 7 nitrogen and oxygen atoms in total. The zero-order valence-corrected chi connectivity index (χ0v) is 18.3. The van der Waals surface area contributed by atoms with Crippen LogP contribution in [0.1, 0.15) is 28.5 Å². The minimum Gasteiger partial charge on any atom is -0.493 e. The van der Waals surface area contributed by atoms with Crippen LogP contribution in [-0.2, 0) is 13.0 Å². The van der Waals surface area contributed by atoms with Crippen LogP contribution in [0.2, 0.25) is 0 Å². The molecule has 0 bridgehead atoms. The van der Waals surface area contributed by atoms with Gasteiger partial charge >= 0.3 is 0 Å². The summed E-state index contributed by atoms with van der Waals surface area (Å²) < 4.78 is 26.2. The van der Waals surface area contributed by atoms with E-state index >= 15 is 0 Å². The van der Waals surface area contributed by atoms with E-state index in [-0.39, 0.29) is 11.7 Å². The molecule has 0 fully saturated rings. The Morgan fingerprint density at radius 3 is 2.52 bits per heavy atom. The van der Waals surface area contributed by atoms with Crippen molar-refractivity contribution in [2.45, 2.75) is 20.0 Å². The fraction of sp³-hybridized carbons (Fsp3) is 0.160. The lowest BCUT2D eigenvalue weighted by Gasteiger charge is -2.13. The average molecular weight is 446 g/mol. The number of aromatic nitrogens is 3. The molecule has 168 valence electrons. The van der Waals surface area contributed by atoms with Gasteiger partial charge in [0.15, 0.2) is 11.5 Å². The molecule has 2 heterocycles. The summed E-state index contributed by atoms with van der Waals surface area (Å²) in [5.41, 5.74) is 3.37. The maximum absolute atomic E-state index is 13.3. The molecule has 1 amide bonds. The first-order valence-electron chi connectivity index (χ1n) is 10.4. The molecule has 0 saturated heterocycles. The third kappa shape index (κ3) is 5.01. The van der Waals surface area contributed by atoms with Crippen molar-refractivity contribution in [3.05, 3.63) is 95.8 Å². The van der Waals surface area contributed by atoms with E-state index in [0.29, 0.717) is 41.5 Å². The van der Waals surface area contributed by atoms with Gasteiger partial charge in [-0.2, -0.15) is 5.10 Å². The Morgan fingerprint density at radius 2 is 1.82 bits per heavy atom. The summed E-state index contributed by atoms with van der Waals surface area (Å²) in [7, 11) is 1.56. The molecule has 0 atom stereocenters. The summed E-state index contributed by atoms with van der Waals surface area (Å²) in [6, 6.07) is 14.9. The van der Waals surface area contributed by atoms with Gasteiger partial charge in [0.1, 0.15) is 12.4 Å². The van der Waals surface area contributed by atoms with Crippen molar-refractivity contribution in [1.82, 2.24) is 14.8 Å². The highest BCUT2D eigenvalue weighted by Gasteiger charge is 2.18. The van der Waals surface area contributed by atoms with Crippen LogP contribution in [0, 0.1) is 5.82 Å². The maximum Gasteiger partial charge on any atom is 0.259 e. The van der Waals surface area contributed by atoms with Crippen LogP contribution < -0.4 is 14.8 Å². The average Bonchev–Trinajstić information content (AvgIpc) is 3.28. The quantitative estimate of drug-likeness (QED) is 0.420. The van der Waals surface area contributed by atoms with Gasteiger partial charge in [-0.25, -0.2) is 9.07 Å². The normalized spacial score (nSPS) is 10.6. The Morgan fingerprint density at radius 1 is 1.06 bits per heavy atom. The standard InChI is InChI=1S/C25H23FN4O3/c1-3-22-21(15-28-30(22)20-7-4-18(26)5-8-20)25(31)29-19-6-9-23(32-2)24(14-19)33-16-17-10-12-27-13-11-17/h4-15H,3,16H2,1-2H3,(H,29,31). The second-order valence-corrected chi connectivity index (χ2v) is 7.21. The van der Waals surface area contributed by atoms with Gasteiger partial charge in [-0.15, -0.1) is 0 Å². The number of hydrogen-bond acceptors (Lipinski definition) is 5. The number of rotatable bonds is 8. The molecular weight excluding hydrogens is 423 g/mol. The first-order chi connectivity index (χ1) is 16.1. The third-order valence-electron chi connectivity index (χ3n) is 5.08. The SMILES string of the molecule is CCc1c(C(=O)Nc2ccc(OC)c(OCc3ccncc3)c2)cnn1-c1ccc(F)cc1. The second kappa shape index (κ2) is 9.95. The predicted octanol–water partition coefficient (Wildman–Crippen LogP) is 4.81. The van der Waals surface area contributed by atoms with Gasteiger partial charge in [-0.1, -0.05) is 6.92 Å². The number of carbonyl (C=O) groups is 1. The van der Waals surface area contributed by atoms with Crippen molar-refractivity contribution in [1.29, 1.82) is 0 Å². The number of amides is 1. The van der Waals surface area contributed by atoms with Gasteiger partial charge in [-0.3, -0.25) is 9.78 Å². The summed E-state index contributed by atoms with van der Waals surface area (Å²) in [4.78, 5) is 17.0. The smallest absolute Gasteiger partial charge is 0.259 e. The zero-order valence-electron chi connectivity index (χ0n) is 18.3. The molecule has 0 aliphatic rings. The number of benzene rings is 2. The van der Waals surface area contributed by atoms with Crippen LogP contribution in [0.5, 0.6) is 11.5 Å². The number of carbonyl (C=O) groups excluding carboxylic acids is 1. The Balaban J connectivity index is 1.54. The highest BCUT2D eigenvalue weighted by Crippen LogP contribution is 2.31. The molecule has 2 aromatic carbocycles. The van der Waals surface area contributed by atoms with Crippen LogP contribution >= 0.6 is 0 Å². The Hall–Kier alpha value is -4.20. The van der Waals surface area contributed by atoms with Gasteiger partial charge in [0.2, 0.25) is 0 Å². The van der Waals surface area contributed by atoms with Gasteiger partial charge < -0.3 is 14.8 Å². The molecule has 1 N–H and O–H groups in total.